The summed E-state index contributed by atoms with van der Waals surface area (Å²) in [6.45, 7) is 5.53. The molecule has 0 saturated heterocycles. The van der Waals surface area contributed by atoms with Crippen molar-refractivity contribution < 1.29 is 47.8 Å². The SMILES string of the molecule is CC(C)(CO)C(=O)OP(=O)(OC(=O)C(C)(C)CO)OC(=O)C(C)(C)CO. The van der Waals surface area contributed by atoms with Gasteiger partial charge in [-0.1, -0.05) is 0 Å². The van der Waals surface area contributed by atoms with Crippen LogP contribution in [0.4, 0.5) is 0 Å². The lowest BCUT2D eigenvalue weighted by Crippen LogP contribution is -2.35. The van der Waals surface area contributed by atoms with Gasteiger partial charge in [-0.15, -0.1) is 0 Å². The smallest absolute Gasteiger partial charge is 0.395 e. The molecule has 0 saturated carbocycles. The minimum absolute atomic E-state index is 0.683. The fraction of sp³-hybridized carbons (Fsp3) is 0.800. The maximum atomic E-state index is 12.8. The third-order valence-corrected chi connectivity index (χ3v) is 4.60. The predicted molar refractivity (Wildman–Crippen MR) is 88.5 cm³/mol. The van der Waals surface area contributed by atoms with Crippen LogP contribution in [0, 0.1) is 16.2 Å². The Kier molecular flexibility index (Phi) is 7.99. The van der Waals surface area contributed by atoms with Crippen LogP contribution in [0.25, 0.3) is 0 Å². The first-order valence-electron chi connectivity index (χ1n) is 7.71. The zero-order valence-electron chi connectivity index (χ0n) is 15.8. The molecule has 0 aliphatic carbocycles. The lowest BCUT2D eigenvalue weighted by Gasteiger charge is -2.27. The number of carbonyl (C=O) groups is 3. The van der Waals surface area contributed by atoms with E-state index in [-0.39, 0.29) is 0 Å². The molecule has 0 fully saturated rings. The van der Waals surface area contributed by atoms with Crippen LogP contribution in [-0.4, -0.2) is 53.0 Å². The van der Waals surface area contributed by atoms with Crippen molar-refractivity contribution in [2.24, 2.45) is 16.2 Å². The van der Waals surface area contributed by atoms with Crippen molar-refractivity contribution in [3.8, 4) is 0 Å². The minimum Gasteiger partial charge on any atom is -0.395 e. The molecule has 0 aliphatic rings. The molecule has 0 rings (SSSR count). The van der Waals surface area contributed by atoms with E-state index in [1.807, 2.05) is 0 Å². The molecule has 26 heavy (non-hydrogen) atoms. The van der Waals surface area contributed by atoms with Gasteiger partial charge in [0.1, 0.15) is 0 Å². The van der Waals surface area contributed by atoms with E-state index in [2.05, 4.69) is 13.6 Å². The van der Waals surface area contributed by atoms with Crippen molar-refractivity contribution in [1.29, 1.82) is 0 Å². The molecule has 0 aromatic carbocycles. The molecule has 0 aromatic rings. The first-order chi connectivity index (χ1) is 11.6. The monoisotopic (exact) mass is 398 g/mol. The Labute approximate surface area is 152 Å². The molecule has 0 aromatic heterocycles. The summed E-state index contributed by atoms with van der Waals surface area (Å²) in [7, 11) is -5.10. The van der Waals surface area contributed by atoms with E-state index >= 15 is 0 Å². The number of carbonyl (C=O) groups excluding carboxylic acids is 3. The number of aliphatic hydroxyl groups is 3. The Balaban J connectivity index is 5.73. The van der Waals surface area contributed by atoms with Gasteiger partial charge >= 0.3 is 25.7 Å². The van der Waals surface area contributed by atoms with Gasteiger partial charge in [-0.3, -0.25) is 14.4 Å². The second-order valence-electron chi connectivity index (χ2n) is 7.71. The van der Waals surface area contributed by atoms with Gasteiger partial charge in [0.25, 0.3) is 0 Å². The number of hydrogen-bond donors (Lipinski definition) is 3. The van der Waals surface area contributed by atoms with E-state index in [0.717, 1.165) is 0 Å². The Bertz CT molecular complexity index is 512. The number of aliphatic hydroxyl groups excluding tert-OH is 3. The van der Waals surface area contributed by atoms with Crippen LogP contribution in [0.15, 0.2) is 0 Å². The quantitative estimate of drug-likeness (QED) is 0.474. The zero-order valence-corrected chi connectivity index (χ0v) is 16.7. The van der Waals surface area contributed by atoms with Crippen molar-refractivity contribution in [3.05, 3.63) is 0 Å². The van der Waals surface area contributed by atoms with Crippen LogP contribution < -0.4 is 0 Å². The highest BCUT2D eigenvalue weighted by Crippen LogP contribution is 2.53. The number of rotatable bonds is 9. The number of phosphoric ester groups is 1. The first kappa shape index (κ1) is 24.5. The molecular weight excluding hydrogens is 371 g/mol. The van der Waals surface area contributed by atoms with Crippen LogP contribution >= 0.6 is 7.82 Å². The Morgan fingerprint density at radius 1 is 0.654 bits per heavy atom. The van der Waals surface area contributed by atoms with E-state index in [1.54, 1.807) is 0 Å². The molecular formula is C15H27O10P. The third kappa shape index (κ3) is 6.35. The largest absolute Gasteiger partial charge is 0.653 e. The van der Waals surface area contributed by atoms with Gasteiger partial charge in [0.15, 0.2) is 0 Å². The fourth-order valence-electron chi connectivity index (χ4n) is 0.925. The molecule has 0 amide bonds. The molecule has 0 radical (unpaired) electrons. The highest BCUT2D eigenvalue weighted by atomic mass is 31.2. The lowest BCUT2D eigenvalue weighted by atomic mass is 9.96. The van der Waals surface area contributed by atoms with Gasteiger partial charge in [0, 0.05) is 0 Å². The normalized spacial score (nSPS) is 13.1. The van der Waals surface area contributed by atoms with Crippen LogP contribution in [0.5, 0.6) is 0 Å². The predicted octanol–water partition coefficient (Wildman–Crippen LogP) is 0.780. The van der Waals surface area contributed by atoms with E-state index in [1.165, 1.54) is 41.5 Å². The molecule has 0 heterocycles. The first-order valence-corrected chi connectivity index (χ1v) is 9.17. The van der Waals surface area contributed by atoms with Crippen LogP contribution in [-0.2, 0) is 32.5 Å². The van der Waals surface area contributed by atoms with Crippen molar-refractivity contribution in [1.82, 2.24) is 0 Å². The molecule has 0 aliphatic heterocycles. The summed E-state index contributed by atoms with van der Waals surface area (Å²) in [5.74, 6) is -3.73. The molecule has 0 bridgehead atoms. The molecule has 152 valence electrons. The van der Waals surface area contributed by atoms with Gasteiger partial charge in [-0.2, -0.15) is 4.57 Å². The standard InChI is InChI=1S/C15H27O10P/c1-13(2,7-16)10(19)23-26(22,24-11(20)14(3,4)8-17)25-12(21)15(5,6)9-18/h16-18H,7-9H2,1-6H3. The van der Waals surface area contributed by atoms with Crippen LogP contribution in [0.3, 0.4) is 0 Å². The lowest BCUT2D eigenvalue weighted by molar-refractivity contribution is -0.157. The summed E-state index contributed by atoms with van der Waals surface area (Å²) in [5, 5.41) is 27.6. The van der Waals surface area contributed by atoms with Gasteiger partial charge in [0.05, 0.1) is 36.1 Å². The Hall–Kier alpha value is -1.48. The molecule has 10 nitrogen and oxygen atoms in total. The van der Waals surface area contributed by atoms with E-state index < -0.39 is 61.8 Å². The maximum absolute atomic E-state index is 12.8. The summed E-state index contributed by atoms with van der Waals surface area (Å²) in [5.41, 5.74) is -4.56. The maximum Gasteiger partial charge on any atom is 0.653 e. The zero-order chi connectivity index (χ0) is 21.0. The third-order valence-electron chi connectivity index (χ3n) is 3.43. The summed E-state index contributed by atoms with van der Waals surface area (Å²) in [6, 6.07) is 0. The molecule has 3 N–H and O–H groups in total. The van der Waals surface area contributed by atoms with E-state index in [0.29, 0.717) is 0 Å². The summed E-state index contributed by atoms with van der Waals surface area (Å²) in [4.78, 5) is 36.2. The second kappa shape index (κ2) is 8.47. The fourth-order valence-corrected chi connectivity index (χ4v) is 2.39. The van der Waals surface area contributed by atoms with Crippen LogP contribution in [0.2, 0.25) is 0 Å². The van der Waals surface area contributed by atoms with Crippen LogP contribution in [0.1, 0.15) is 41.5 Å². The Morgan fingerprint density at radius 2 is 0.846 bits per heavy atom. The number of phosphoric acid groups is 1. The van der Waals surface area contributed by atoms with Crippen molar-refractivity contribution in [2.75, 3.05) is 19.8 Å². The highest BCUT2D eigenvalue weighted by molar-refractivity contribution is 7.50. The summed E-state index contributed by atoms with van der Waals surface area (Å²) >= 11 is 0. The second-order valence-corrected chi connectivity index (χ2v) is 9.15. The van der Waals surface area contributed by atoms with Crippen molar-refractivity contribution in [2.45, 2.75) is 41.5 Å². The average molecular weight is 398 g/mol. The van der Waals surface area contributed by atoms with E-state index in [4.69, 9.17) is 0 Å². The highest BCUT2D eigenvalue weighted by Gasteiger charge is 2.48. The summed E-state index contributed by atoms with van der Waals surface area (Å²) in [6.07, 6.45) is 0. The van der Waals surface area contributed by atoms with Gasteiger partial charge in [-0.25, -0.2) is 0 Å². The summed E-state index contributed by atoms with van der Waals surface area (Å²) < 4.78 is 26.6. The van der Waals surface area contributed by atoms with Gasteiger partial charge < -0.3 is 28.9 Å². The van der Waals surface area contributed by atoms with Gasteiger partial charge in [0.2, 0.25) is 0 Å². The van der Waals surface area contributed by atoms with Crippen molar-refractivity contribution >= 4 is 25.7 Å². The molecule has 0 atom stereocenters. The molecule has 11 heteroatoms. The Morgan fingerprint density at radius 3 is 1.00 bits per heavy atom. The molecule has 0 unspecified atom stereocenters. The van der Waals surface area contributed by atoms with Gasteiger partial charge in [-0.05, 0) is 41.5 Å². The minimum atomic E-state index is -5.10. The van der Waals surface area contributed by atoms with Crippen molar-refractivity contribution in [3.63, 3.8) is 0 Å². The topological polar surface area (TPSA) is 157 Å². The molecule has 0 spiro atoms. The average Bonchev–Trinajstić information content (AvgIpc) is 2.53. The number of hydrogen-bond acceptors (Lipinski definition) is 10. The van der Waals surface area contributed by atoms with E-state index in [9.17, 15) is 34.3 Å².